The Hall–Kier alpha value is -1.26. The maximum atomic E-state index is 11.9. The van der Waals surface area contributed by atoms with Gasteiger partial charge in [0.1, 0.15) is 5.75 Å². The molecule has 0 saturated heterocycles. The molecular weight excluding hydrogens is 304 g/mol. The lowest BCUT2D eigenvalue weighted by Gasteiger charge is -2.09. The Morgan fingerprint density at radius 1 is 1.09 bits per heavy atom. The van der Waals surface area contributed by atoms with Gasteiger partial charge in [0, 0.05) is 13.7 Å². The molecule has 124 valence electrons. The molecule has 0 bridgehead atoms. The number of carbonyl (C=O) groups is 1. The quantitative estimate of drug-likeness (QED) is 0.443. The van der Waals surface area contributed by atoms with Gasteiger partial charge in [-0.05, 0) is 37.5 Å². The largest absolute Gasteiger partial charge is 0.492 e. The summed E-state index contributed by atoms with van der Waals surface area (Å²) in [5.74, 6) is 0.242. The van der Waals surface area contributed by atoms with Crippen LogP contribution in [0.3, 0.4) is 0 Å². The van der Waals surface area contributed by atoms with E-state index in [1.165, 1.54) is 0 Å². The van der Waals surface area contributed by atoms with Crippen molar-refractivity contribution in [3.05, 3.63) is 28.8 Å². The van der Waals surface area contributed by atoms with Gasteiger partial charge < -0.3 is 14.2 Å². The van der Waals surface area contributed by atoms with Crippen molar-refractivity contribution in [1.82, 2.24) is 0 Å². The van der Waals surface area contributed by atoms with Crippen LogP contribution in [0.1, 0.15) is 49.4 Å². The highest BCUT2D eigenvalue weighted by molar-refractivity contribution is 6.32. The maximum Gasteiger partial charge on any atom is 0.338 e. The van der Waals surface area contributed by atoms with Crippen LogP contribution in [-0.2, 0) is 9.47 Å². The topological polar surface area (TPSA) is 44.8 Å². The van der Waals surface area contributed by atoms with Gasteiger partial charge in [0.25, 0.3) is 0 Å². The van der Waals surface area contributed by atoms with E-state index in [0.29, 0.717) is 36.2 Å². The molecule has 22 heavy (non-hydrogen) atoms. The normalized spacial score (nSPS) is 10.5. The summed E-state index contributed by atoms with van der Waals surface area (Å²) in [5, 5.41) is 0.435. The van der Waals surface area contributed by atoms with E-state index >= 15 is 0 Å². The highest BCUT2D eigenvalue weighted by atomic mass is 35.5. The summed E-state index contributed by atoms with van der Waals surface area (Å²) in [5.41, 5.74) is 0.442. The van der Waals surface area contributed by atoms with Crippen LogP contribution in [0.25, 0.3) is 0 Å². The average molecular weight is 329 g/mol. The molecule has 0 amide bonds. The second-order valence-electron chi connectivity index (χ2n) is 5.04. The number of benzene rings is 1. The zero-order chi connectivity index (χ0) is 16.2. The third-order valence-corrected chi connectivity index (χ3v) is 3.44. The van der Waals surface area contributed by atoms with Crippen molar-refractivity contribution in [1.29, 1.82) is 0 Å². The molecule has 1 aromatic rings. The summed E-state index contributed by atoms with van der Waals surface area (Å²) in [6.45, 7) is 3.84. The van der Waals surface area contributed by atoms with Gasteiger partial charge in [-0.3, -0.25) is 0 Å². The number of esters is 1. The number of carbonyl (C=O) groups excluding carboxylic acids is 1. The molecule has 0 spiro atoms. The minimum atomic E-state index is -0.364. The second kappa shape index (κ2) is 11.3. The third-order valence-electron chi connectivity index (χ3n) is 3.15. The van der Waals surface area contributed by atoms with Gasteiger partial charge in [-0.1, -0.05) is 31.4 Å². The number of methoxy groups -OCH3 is 1. The highest BCUT2D eigenvalue weighted by Crippen LogP contribution is 2.26. The standard InChI is InChI=1S/C17H25ClO4/c1-3-4-5-11-21-16-9-8-14(13-15(16)18)17(19)22-12-7-6-10-20-2/h8-9,13H,3-7,10-12H2,1-2H3. The summed E-state index contributed by atoms with van der Waals surface area (Å²) in [4.78, 5) is 11.9. The van der Waals surface area contributed by atoms with Crippen LogP contribution in [-0.4, -0.2) is 32.9 Å². The fourth-order valence-corrected chi connectivity index (χ4v) is 2.11. The first-order valence-corrected chi connectivity index (χ1v) is 8.15. The summed E-state index contributed by atoms with van der Waals surface area (Å²) >= 11 is 6.14. The Morgan fingerprint density at radius 2 is 1.82 bits per heavy atom. The van der Waals surface area contributed by atoms with Crippen LogP contribution >= 0.6 is 11.6 Å². The summed E-state index contributed by atoms with van der Waals surface area (Å²) in [6.07, 6.45) is 4.93. The van der Waals surface area contributed by atoms with Crippen molar-refractivity contribution in [3.8, 4) is 5.75 Å². The Kier molecular flexibility index (Phi) is 9.67. The first kappa shape index (κ1) is 18.8. The number of unbranched alkanes of at least 4 members (excludes halogenated alkanes) is 3. The molecule has 0 fully saturated rings. The van der Waals surface area contributed by atoms with E-state index < -0.39 is 0 Å². The van der Waals surface area contributed by atoms with E-state index in [9.17, 15) is 4.79 Å². The minimum Gasteiger partial charge on any atom is -0.492 e. The lowest BCUT2D eigenvalue weighted by Crippen LogP contribution is -2.07. The number of hydrogen-bond acceptors (Lipinski definition) is 4. The van der Waals surface area contributed by atoms with Crippen LogP contribution in [0.15, 0.2) is 18.2 Å². The molecular formula is C17H25ClO4. The maximum absolute atomic E-state index is 11.9. The lowest BCUT2D eigenvalue weighted by atomic mass is 10.2. The van der Waals surface area contributed by atoms with Crippen molar-refractivity contribution in [2.45, 2.75) is 39.0 Å². The highest BCUT2D eigenvalue weighted by Gasteiger charge is 2.10. The van der Waals surface area contributed by atoms with Gasteiger partial charge in [0.05, 0.1) is 23.8 Å². The van der Waals surface area contributed by atoms with E-state index in [2.05, 4.69) is 6.92 Å². The molecule has 0 unspecified atom stereocenters. The molecule has 1 rings (SSSR count). The van der Waals surface area contributed by atoms with E-state index in [0.717, 1.165) is 32.1 Å². The van der Waals surface area contributed by atoms with Crippen LogP contribution in [0.4, 0.5) is 0 Å². The predicted octanol–water partition coefficient (Wildman–Crippen LogP) is 4.49. The Morgan fingerprint density at radius 3 is 2.50 bits per heavy atom. The molecule has 0 aliphatic carbocycles. The van der Waals surface area contributed by atoms with Gasteiger partial charge in [0.15, 0.2) is 0 Å². The van der Waals surface area contributed by atoms with Gasteiger partial charge in [-0.2, -0.15) is 0 Å². The molecule has 0 saturated carbocycles. The van der Waals surface area contributed by atoms with Gasteiger partial charge in [-0.15, -0.1) is 0 Å². The molecule has 5 heteroatoms. The van der Waals surface area contributed by atoms with Crippen LogP contribution in [0.2, 0.25) is 5.02 Å². The van der Waals surface area contributed by atoms with Gasteiger partial charge in [-0.25, -0.2) is 4.79 Å². The van der Waals surface area contributed by atoms with E-state index in [1.807, 2.05) is 0 Å². The van der Waals surface area contributed by atoms with Crippen LogP contribution < -0.4 is 4.74 Å². The molecule has 0 atom stereocenters. The molecule has 0 aliphatic rings. The van der Waals surface area contributed by atoms with Crippen LogP contribution in [0, 0.1) is 0 Å². The van der Waals surface area contributed by atoms with Gasteiger partial charge in [0.2, 0.25) is 0 Å². The summed E-state index contributed by atoms with van der Waals surface area (Å²) in [6, 6.07) is 4.99. The zero-order valence-corrected chi connectivity index (χ0v) is 14.2. The SMILES string of the molecule is CCCCCOc1ccc(C(=O)OCCCCOC)cc1Cl. The fraction of sp³-hybridized carbons (Fsp3) is 0.588. The molecule has 1 aromatic carbocycles. The van der Waals surface area contributed by atoms with E-state index in [4.69, 9.17) is 25.8 Å². The monoisotopic (exact) mass is 328 g/mol. The second-order valence-corrected chi connectivity index (χ2v) is 5.44. The van der Waals surface area contributed by atoms with Crippen molar-refractivity contribution in [2.75, 3.05) is 26.9 Å². The number of ether oxygens (including phenoxy) is 3. The average Bonchev–Trinajstić information content (AvgIpc) is 2.52. The Bertz CT molecular complexity index is 448. The number of halogens is 1. The third kappa shape index (κ3) is 7.14. The number of hydrogen-bond donors (Lipinski definition) is 0. The summed E-state index contributed by atoms with van der Waals surface area (Å²) < 4.78 is 15.7. The van der Waals surface area contributed by atoms with Crippen molar-refractivity contribution in [2.24, 2.45) is 0 Å². The van der Waals surface area contributed by atoms with E-state index in [1.54, 1.807) is 25.3 Å². The first-order chi connectivity index (χ1) is 10.7. The molecule has 0 radical (unpaired) electrons. The number of rotatable bonds is 11. The van der Waals surface area contributed by atoms with Crippen molar-refractivity contribution in [3.63, 3.8) is 0 Å². The van der Waals surface area contributed by atoms with Crippen molar-refractivity contribution >= 4 is 17.6 Å². The summed E-state index contributed by atoms with van der Waals surface area (Å²) in [7, 11) is 1.65. The zero-order valence-electron chi connectivity index (χ0n) is 13.4. The van der Waals surface area contributed by atoms with E-state index in [-0.39, 0.29) is 5.97 Å². The lowest BCUT2D eigenvalue weighted by molar-refractivity contribution is 0.0489. The minimum absolute atomic E-state index is 0.364. The van der Waals surface area contributed by atoms with Crippen LogP contribution in [0.5, 0.6) is 5.75 Å². The smallest absolute Gasteiger partial charge is 0.338 e. The van der Waals surface area contributed by atoms with Gasteiger partial charge >= 0.3 is 5.97 Å². The molecule has 0 aliphatic heterocycles. The fourth-order valence-electron chi connectivity index (χ4n) is 1.88. The van der Waals surface area contributed by atoms with Crippen molar-refractivity contribution < 1.29 is 19.0 Å². The molecule has 0 N–H and O–H groups in total. The first-order valence-electron chi connectivity index (χ1n) is 7.77. The molecule has 0 aromatic heterocycles. The molecule has 0 heterocycles. The molecule has 4 nitrogen and oxygen atoms in total. The predicted molar refractivity (Wildman–Crippen MR) is 87.9 cm³/mol. The Balaban J connectivity index is 2.41. The Labute approximate surface area is 137 Å².